The fourth-order valence-corrected chi connectivity index (χ4v) is 2.47. The summed E-state index contributed by atoms with van der Waals surface area (Å²) in [4.78, 5) is 12.3. The van der Waals surface area contributed by atoms with Crippen LogP contribution in [-0.2, 0) is 4.79 Å². The van der Waals surface area contributed by atoms with Crippen LogP contribution in [0, 0.1) is 32.1 Å². The molecule has 0 aliphatic carbocycles. The Balaban J connectivity index is 2.07. The fourth-order valence-electron chi connectivity index (χ4n) is 2.47. The number of hydrogen-bond donors (Lipinski definition) is 1. The van der Waals surface area contributed by atoms with Crippen LogP contribution in [0.15, 0.2) is 36.4 Å². The Labute approximate surface area is 136 Å². The third kappa shape index (κ3) is 4.10. The zero-order chi connectivity index (χ0) is 17.0. The van der Waals surface area contributed by atoms with Crippen LogP contribution in [-0.4, -0.2) is 12.0 Å². The van der Waals surface area contributed by atoms with Crippen LogP contribution >= 0.6 is 0 Å². The summed E-state index contributed by atoms with van der Waals surface area (Å²) >= 11 is 0. The van der Waals surface area contributed by atoms with E-state index in [9.17, 15) is 4.79 Å². The van der Waals surface area contributed by atoms with Gasteiger partial charge < -0.3 is 10.1 Å². The molecular weight excluding hydrogens is 288 g/mol. The Bertz CT molecular complexity index is 735. The topological polar surface area (TPSA) is 62.1 Å². The van der Waals surface area contributed by atoms with E-state index >= 15 is 0 Å². The molecule has 0 bridgehead atoms. The summed E-state index contributed by atoms with van der Waals surface area (Å²) in [6.45, 7) is 7.68. The number of nitrogens with zero attached hydrogens (tertiary/aromatic N) is 1. The van der Waals surface area contributed by atoms with Crippen molar-refractivity contribution < 1.29 is 9.53 Å². The lowest BCUT2D eigenvalue weighted by Gasteiger charge is -2.17. The maximum Gasteiger partial charge on any atom is 0.265 e. The van der Waals surface area contributed by atoms with Crippen molar-refractivity contribution in [1.82, 2.24) is 0 Å². The number of rotatable bonds is 4. The maximum atomic E-state index is 12.3. The number of amides is 1. The largest absolute Gasteiger partial charge is 0.481 e. The van der Waals surface area contributed by atoms with Gasteiger partial charge in [-0.15, -0.1) is 0 Å². The van der Waals surface area contributed by atoms with E-state index in [1.54, 1.807) is 31.2 Å². The van der Waals surface area contributed by atoms with Crippen LogP contribution in [0.2, 0.25) is 0 Å². The molecule has 0 aromatic heterocycles. The minimum absolute atomic E-state index is 0.204. The molecule has 1 N–H and O–H groups in total. The average Bonchev–Trinajstić information content (AvgIpc) is 2.51. The van der Waals surface area contributed by atoms with Gasteiger partial charge in [-0.3, -0.25) is 4.79 Å². The summed E-state index contributed by atoms with van der Waals surface area (Å²) in [5.41, 5.74) is 4.61. The van der Waals surface area contributed by atoms with Gasteiger partial charge in [0.25, 0.3) is 5.91 Å². The van der Waals surface area contributed by atoms with Crippen molar-refractivity contribution in [2.24, 2.45) is 0 Å². The van der Waals surface area contributed by atoms with E-state index in [1.165, 1.54) is 5.56 Å². The van der Waals surface area contributed by atoms with Crippen LogP contribution in [0.25, 0.3) is 0 Å². The molecule has 4 heteroatoms. The van der Waals surface area contributed by atoms with Crippen LogP contribution in [0.3, 0.4) is 0 Å². The first-order valence-electron chi connectivity index (χ1n) is 7.46. The molecule has 0 saturated carbocycles. The van der Waals surface area contributed by atoms with Crippen molar-refractivity contribution in [1.29, 1.82) is 5.26 Å². The predicted molar refractivity (Wildman–Crippen MR) is 90.5 cm³/mol. The summed E-state index contributed by atoms with van der Waals surface area (Å²) < 4.78 is 5.63. The first kappa shape index (κ1) is 16.6. The third-order valence-electron chi connectivity index (χ3n) is 3.59. The molecule has 118 valence electrons. The van der Waals surface area contributed by atoms with E-state index < -0.39 is 6.10 Å². The van der Waals surface area contributed by atoms with Crippen molar-refractivity contribution in [2.75, 3.05) is 5.32 Å². The lowest BCUT2D eigenvalue weighted by atomic mass is 10.0. The third-order valence-corrected chi connectivity index (χ3v) is 3.59. The molecule has 0 aliphatic rings. The molecule has 1 atom stereocenters. The molecule has 0 heterocycles. The molecular formula is C19H20N2O2. The van der Waals surface area contributed by atoms with Gasteiger partial charge in [0.1, 0.15) is 5.75 Å². The van der Waals surface area contributed by atoms with E-state index in [0.29, 0.717) is 11.3 Å². The van der Waals surface area contributed by atoms with Gasteiger partial charge in [0.05, 0.1) is 11.6 Å². The van der Waals surface area contributed by atoms with E-state index in [0.717, 1.165) is 16.8 Å². The Kier molecular flexibility index (Phi) is 5.02. The summed E-state index contributed by atoms with van der Waals surface area (Å²) in [5, 5.41) is 11.7. The van der Waals surface area contributed by atoms with Gasteiger partial charge in [0.15, 0.2) is 6.10 Å². The standard InChI is InChI=1S/C19H20N2O2/c1-12-9-13(2)18(14(3)10-12)21-19(22)15(4)23-17-7-5-16(11-20)6-8-17/h5-10,15H,1-4H3,(H,21,22)/t15-/m0/s1. The van der Waals surface area contributed by atoms with Gasteiger partial charge in [-0.2, -0.15) is 5.26 Å². The zero-order valence-electron chi connectivity index (χ0n) is 13.8. The first-order valence-corrected chi connectivity index (χ1v) is 7.46. The quantitative estimate of drug-likeness (QED) is 0.932. The Morgan fingerprint density at radius 3 is 2.22 bits per heavy atom. The Hall–Kier alpha value is -2.80. The van der Waals surface area contributed by atoms with Gasteiger partial charge in [-0.05, 0) is 63.1 Å². The highest BCUT2D eigenvalue weighted by Crippen LogP contribution is 2.22. The van der Waals surface area contributed by atoms with E-state index in [-0.39, 0.29) is 5.91 Å². The molecule has 0 aliphatic heterocycles. The number of hydrogen-bond acceptors (Lipinski definition) is 3. The number of ether oxygens (including phenoxy) is 1. The molecule has 2 aromatic rings. The van der Waals surface area contributed by atoms with Crippen molar-refractivity contribution in [3.63, 3.8) is 0 Å². The summed E-state index contributed by atoms with van der Waals surface area (Å²) in [6, 6.07) is 12.8. The van der Waals surface area contributed by atoms with Crippen molar-refractivity contribution in [2.45, 2.75) is 33.8 Å². The van der Waals surface area contributed by atoms with Crippen molar-refractivity contribution >= 4 is 11.6 Å². The van der Waals surface area contributed by atoms with Crippen LogP contribution in [0.4, 0.5) is 5.69 Å². The SMILES string of the molecule is Cc1cc(C)c(NC(=O)[C@H](C)Oc2ccc(C#N)cc2)c(C)c1. The number of aryl methyl sites for hydroxylation is 3. The highest BCUT2D eigenvalue weighted by molar-refractivity contribution is 5.95. The van der Waals surface area contributed by atoms with Gasteiger partial charge in [-0.25, -0.2) is 0 Å². The average molecular weight is 308 g/mol. The predicted octanol–water partition coefficient (Wildman–Crippen LogP) is 3.89. The van der Waals surface area contributed by atoms with Crippen molar-refractivity contribution in [3.8, 4) is 11.8 Å². The van der Waals surface area contributed by atoms with Crippen LogP contribution in [0.1, 0.15) is 29.2 Å². The lowest BCUT2D eigenvalue weighted by molar-refractivity contribution is -0.122. The van der Waals surface area contributed by atoms with Gasteiger partial charge in [-0.1, -0.05) is 17.7 Å². The molecule has 23 heavy (non-hydrogen) atoms. The van der Waals surface area contributed by atoms with E-state index in [1.807, 2.05) is 39.0 Å². The normalized spacial score (nSPS) is 11.4. The fraction of sp³-hybridized carbons (Fsp3) is 0.263. The van der Waals surface area contributed by atoms with Crippen molar-refractivity contribution in [3.05, 3.63) is 58.7 Å². The maximum absolute atomic E-state index is 12.3. The number of benzene rings is 2. The Morgan fingerprint density at radius 1 is 1.13 bits per heavy atom. The van der Waals surface area contributed by atoms with E-state index in [4.69, 9.17) is 10.00 Å². The molecule has 0 unspecified atom stereocenters. The number of nitrogens with one attached hydrogen (secondary N) is 1. The summed E-state index contributed by atoms with van der Waals surface area (Å²) in [6.07, 6.45) is -0.636. The molecule has 2 aromatic carbocycles. The molecule has 0 saturated heterocycles. The molecule has 1 amide bonds. The number of anilines is 1. The summed E-state index contributed by atoms with van der Waals surface area (Å²) in [7, 11) is 0. The minimum Gasteiger partial charge on any atom is -0.481 e. The smallest absolute Gasteiger partial charge is 0.265 e. The molecule has 0 radical (unpaired) electrons. The highest BCUT2D eigenvalue weighted by Gasteiger charge is 2.17. The number of carbonyl (C=O) groups is 1. The monoisotopic (exact) mass is 308 g/mol. The molecule has 4 nitrogen and oxygen atoms in total. The highest BCUT2D eigenvalue weighted by atomic mass is 16.5. The molecule has 0 fully saturated rings. The second kappa shape index (κ2) is 6.97. The lowest BCUT2D eigenvalue weighted by Crippen LogP contribution is -2.30. The van der Waals surface area contributed by atoms with Crippen LogP contribution in [0.5, 0.6) is 5.75 Å². The van der Waals surface area contributed by atoms with Crippen LogP contribution < -0.4 is 10.1 Å². The first-order chi connectivity index (χ1) is 10.9. The zero-order valence-corrected chi connectivity index (χ0v) is 13.8. The number of carbonyl (C=O) groups excluding carboxylic acids is 1. The van der Waals surface area contributed by atoms with Gasteiger partial charge in [0, 0.05) is 5.69 Å². The minimum atomic E-state index is -0.636. The van der Waals surface area contributed by atoms with Gasteiger partial charge in [0.2, 0.25) is 0 Å². The summed E-state index contributed by atoms with van der Waals surface area (Å²) in [5.74, 6) is 0.355. The second-order valence-corrected chi connectivity index (χ2v) is 5.66. The second-order valence-electron chi connectivity index (χ2n) is 5.66. The molecule has 0 spiro atoms. The Morgan fingerprint density at radius 2 is 1.70 bits per heavy atom. The van der Waals surface area contributed by atoms with Gasteiger partial charge >= 0.3 is 0 Å². The molecule has 2 rings (SSSR count). The number of nitriles is 1. The van der Waals surface area contributed by atoms with E-state index in [2.05, 4.69) is 5.32 Å².